The fourth-order valence-electron chi connectivity index (χ4n) is 2.19. The second kappa shape index (κ2) is 5.57. The number of hydrogen-bond acceptors (Lipinski definition) is 4. The number of halogens is 1. The zero-order chi connectivity index (χ0) is 16.7. The number of rotatable bonds is 4. The Morgan fingerprint density at radius 1 is 1.04 bits per heavy atom. The van der Waals surface area contributed by atoms with Crippen molar-refractivity contribution in [3.63, 3.8) is 0 Å². The molecule has 0 aliphatic rings. The molecule has 3 rings (SSSR count). The van der Waals surface area contributed by atoms with Crippen LogP contribution in [0, 0.1) is 0 Å². The highest BCUT2D eigenvalue weighted by molar-refractivity contribution is 7.13. The summed E-state index contributed by atoms with van der Waals surface area (Å²) in [5.74, 6) is 0.676. The Hall–Kier alpha value is -2.01. The van der Waals surface area contributed by atoms with Gasteiger partial charge in [-0.3, -0.25) is 4.98 Å². The van der Waals surface area contributed by atoms with Gasteiger partial charge in [0, 0.05) is 17.8 Å². The monoisotopic (exact) mass is 329 g/mol. The highest BCUT2D eigenvalue weighted by atomic mass is 32.1. The standard InChI is InChI=1S/C18H20FN3S/c1-17(2,19)18(3,4)22-16-8-14-7-12(15-10-20-11-23-15)5-6-13(14)9-21-16/h5-11H,1-4H3,(H,21,22). The first-order valence-electron chi connectivity index (χ1n) is 7.52. The summed E-state index contributed by atoms with van der Waals surface area (Å²) in [6.07, 6.45) is 3.68. The molecule has 23 heavy (non-hydrogen) atoms. The first-order valence-corrected chi connectivity index (χ1v) is 8.40. The van der Waals surface area contributed by atoms with E-state index in [1.807, 2.05) is 43.9 Å². The van der Waals surface area contributed by atoms with Crippen molar-refractivity contribution < 1.29 is 4.39 Å². The van der Waals surface area contributed by atoms with Gasteiger partial charge < -0.3 is 5.32 Å². The first-order chi connectivity index (χ1) is 10.8. The zero-order valence-electron chi connectivity index (χ0n) is 13.7. The third-order valence-corrected chi connectivity index (χ3v) is 5.19. The molecule has 0 aliphatic heterocycles. The summed E-state index contributed by atoms with van der Waals surface area (Å²) in [4.78, 5) is 9.66. The summed E-state index contributed by atoms with van der Waals surface area (Å²) in [5, 5.41) is 5.34. The Labute approximate surface area is 139 Å². The molecule has 0 radical (unpaired) electrons. The van der Waals surface area contributed by atoms with Gasteiger partial charge in [0.2, 0.25) is 0 Å². The Morgan fingerprint density at radius 2 is 1.83 bits per heavy atom. The lowest BCUT2D eigenvalue weighted by molar-refractivity contribution is 0.133. The lowest BCUT2D eigenvalue weighted by atomic mass is 9.87. The summed E-state index contributed by atoms with van der Waals surface area (Å²) < 4.78 is 14.3. The molecule has 3 aromatic rings. The number of anilines is 1. The highest BCUT2D eigenvalue weighted by Gasteiger charge is 2.37. The van der Waals surface area contributed by atoms with Crippen LogP contribution in [0.25, 0.3) is 21.2 Å². The molecule has 1 N–H and O–H groups in total. The van der Waals surface area contributed by atoms with E-state index in [4.69, 9.17) is 0 Å². The summed E-state index contributed by atoms with van der Waals surface area (Å²) in [5.41, 5.74) is 0.865. The molecular weight excluding hydrogens is 309 g/mol. The van der Waals surface area contributed by atoms with Gasteiger partial charge in [-0.05, 0) is 50.8 Å². The normalized spacial score (nSPS) is 12.6. The smallest absolute Gasteiger partial charge is 0.127 e. The maximum atomic E-state index is 14.3. The van der Waals surface area contributed by atoms with E-state index in [2.05, 4.69) is 27.4 Å². The minimum absolute atomic E-state index is 0.676. The Balaban J connectivity index is 1.98. The molecule has 0 fully saturated rings. The van der Waals surface area contributed by atoms with Crippen molar-refractivity contribution in [3.8, 4) is 10.4 Å². The van der Waals surface area contributed by atoms with Crippen molar-refractivity contribution in [2.75, 3.05) is 5.32 Å². The zero-order valence-corrected chi connectivity index (χ0v) is 14.5. The maximum Gasteiger partial charge on any atom is 0.127 e. The number of fused-ring (bicyclic) bond motifs is 1. The van der Waals surface area contributed by atoms with E-state index in [1.165, 1.54) is 0 Å². The number of nitrogens with zero attached hydrogens (tertiary/aromatic N) is 2. The predicted molar refractivity (Wildman–Crippen MR) is 95.7 cm³/mol. The molecule has 3 nitrogen and oxygen atoms in total. The van der Waals surface area contributed by atoms with Gasteiger partial charge in [0.15, 0.2) is 0 Å². The Morgan fingerprint density at radius 3 is 2.48 bits per heavy atom. The number of hydrogen-bond donors (Lipinski definition) is 1. The van der Waals surface area contributed by atoms with Crippen LogP contribution < -0.4 is 5.32 Å². The van der Waals surface area contributed by atoms with E-state index in [-0.39, 0.29) is 0 Å². The van der Waals surface area contributed by atoms with Gasteiger partial charge in [-0.25, -0.2) is 9.37 Å². The van der Waals surface area contributed by atoms with Gasteiger partial charge in [-0.1, -0.05) is 12.1 Å². The summed E-state index contributed by atoms with van der Waals surface area (Å²) in [6, 6.07) is 8.20. The van der Waals surface area contributed by atoms with Crippen LogP contribution in [0.15, 0.2) is 42.2 Å². The summed E-state index contributed by atoms with van der Waals surface area (Å²) in [7, 11) is 0. The molecule has 0 aliphatic carbocycles. The number of pyridine rings is 1. The number of alkyl halides is 1. The van der Waals surface area contributed by atoms with E-state index in [0.717, 1.165) is 21.2 Å². The number of aromatic nitrogens is 2. The molecule has 0 saturated carbocycles. The molecule has 0 unspecified atom stereocenters. The second-order valence-corrected chi connectivity index (χ2v) is 7.61. The fraction of sp³-hybridized carbons (Fsp3) is 0.333. The molecule has 2 aromatic heterocycles. The molecule has 0 atom stereocenters. The van der Waals surface area contributed by atoms with Gasteiger partial charge in [0.1, 0.15) is 11.5 Å². The number of nitrogens with one attached hydrogen (secondary N) is 1. The van der Waals surface area contributed by atoms with Crippen LogP contribution >= 0.6 is 11.3 Å². The van der Waals surface area contributed by atoms with Crippen LogP contribution in [0.2, 0.25) is 0 Å². The van der Waals surface area contributed by atoms with Gasteiger partial charge in [0.05, 0.1) is 15.9 Å². The fourth-order valence-corrected chi connectivity index (χ4v) is 2.81. The maximum absolute atomic E-state index is 14.3. The van der Waals surface area contributed by atoms with Crippen LogP contribution in [0.3, 0.4) is 0 Å². The molecular formula is C18H20FN3S. The third-order valence-electron chi connectivity index (χ3n) is 4.37. The average molecular weight is 329 g/mol. The van der Waals surface area contributed by atoms with Crippen molar-refractivity contribution in [1.82, 2.24) is 9.97 Å². The molecule has 120 valence electrons. The van der Waals surface area contributed by atoms with Crippen LogP contribution in [0.4, 0.5) is 10.2 Å². The number of thiazole rings is 1. The molecule has 2 heterocycles. The van der Waals surface area contributed by atoms with Gasteiger partial charge in [-0.15, -0.1) is 11.3 Å². The van der Waals surface area contributed by atoms with Gasteiger partial charge in [-0.2, -0.15) is 0 Å². The van der Waals surface area contributed by atoms with Gasteiger partial charge >= 0.3 is 0 Å². The lowest BCUT2D eigenvalue weighted by Crippen LogP contribution is -2.48. The Kier molecular flexibility index (Phi) is 3.84. The average Bonchev–Trinajstić information content (AvgIpc) is 2.99. The topological polar surface area (TPSA) is 37.8 Å². The molecule has 0 bridgehead atoms. The highest BCUT2D eigenvalue weighted by Crippen LogP contribution is 2.31. The SMILES string of the molecule is CC(C)(F)C(C)(C)Nc1cc2cc(-c3cncs3)ccc2cn1. The van der Waals surface area contributed by atoms with Gasteiger partial charge in [0.25, 0.3) is 0 Å². The van der Waals surface area contributed by atoms with Crippen molar-refractivity contribution >= 4 is 27.9 Å². The van der Waals surface area contributed by atoms with Crippen LogP contribution in [-0.2, 0) is 0 Å². The van der Waals surface area contributed by atoms with E-state index >= 15 is 0 Å². The van der Waals surface area contributed by atoms with E-state index in [9.17, 15) is 4.39 Å². The summed E-state index contributed by atoms with van der Waals surface area (Å²) >= 11 is 1.61. The van der Waals surface area contributed by atoms with Crippen molar-refractivity contribution in [2.24, 2.45) is 0 Å². The predicted octanol–water partition coefficient (Wildman–Crippen LogP) is 5.30. The molecule has 0 amide bonds. The quantitative estimate of drug-likeness (QED) is 0.706. The second-order valence-electron chi connectivity index (χ2n) is 6.72. The molecule has 0 saturated heterocycles. The Bertz CT molecular complexity index is 820. The minimum atomic E-state index is -1.37. The van der Waals surface area contributed by atoms with E-state index < -0.39 is 11.2 Å². The van der Waals surface area contributed by atoms with E-state index in [1.54, 1.807) is 25.2 Å². The number of benzene rings is 1. The molecule has 5 heteroatoms. The van der Waals surface area contributed by atoms with Crippen molar-refractivity contribution in [3.05, 3.63) is 42.2 Å². The van der Waals surface area contributed by atoms with Crippen LogP contribution in [-0.4, -0.2) is 21.2 Å². The largest absolute Gasteiger partial charge is 0.362 e. The van der Waals surface area contributed by atoms with Crippen molar-refractivity contribution in [2.45, 2.75) is 38.9 Å². The van der Waals surface area contributed by atoms with Crippen molar-refractivity contribution in [1.29, 1.82) is 0 Å². The first kappa shape index (κ1) is 15.9. The molecule has 1 aromatic carbocycles. The van der Waals surface area contributed by atoms with Crippen LogP contribution in [0.1, 0.15) is 27.7 Å². The molecule has 0 spiro atoms. The van der Waals surface area contributed by atoms with Crippen LogP contribution in [0.5, 0.6) is 0 Å². The minimum Gasteiger partial charge on any atom is -0.362 e. The summed E-state index contributed by atoms with van der Waals surface area (Å²) in [6.45, 7) is 6.82. The van der Waals surface area contributed by atoms with E-state index in [0.29, 0.717) is 5.82 Å². The third kappa shape index (κ3) is 3.20. The lowest BCUT2D eigenvalue weighted by Gasteiger charge is -2.36.